The van der Waals surface area contributed by atoms with Crippen molar-refractivity contribution in [1.82, 2.24) is 0 Å². The molecular weight excluding hydrogens is 342 g/mol. The summed E-state index contributed by atoms with van der Waals surface area (Å²) in [5.41, 5.74) is 3.10. The third-order valence-electron chi connectivity index (χ3n) is 3.43. The zero-order valence-electron chi connectivity index (χ0n) is 11.5. The van der Waals surface area contributed by atoms with Gasteiger partial charge in [-0.25, -0.2) is 0 Å². The van der Waals surface area contributed by atoms with E-state index in [0.717, 1.165) is 0 Å². The fraction of sp³-hybridized carbons (Fsp3) is 0.400. The Morgan fingerprint density at radius 1 is 1.11 bits per heavy atom. The van der Waals surface area contributed by atoms with Crippen molar-refractivity contribution in [3.8, 4) is 0 Å². The minimum atomic E-state index is -1.59. The largest absolute Gasteiger partial charge is 1.00 e. The van der Waals surface area contributed by atoms with Crippen LogP contribution in [-0.4, -0.2) is 3.21 Å². The van der Waals surface area contributed by atoms with Crippen LogP contribution in [0, 0.1) is 0 Å². The maximum Gasteiger partial charge on any atom is -1.00 e. The van der Waals surface area contributed by atoms with E-state index in [1.54, 1.807) is 15.3 Å². The molecular formula is C15H20Cl2Zr. The first-order chi connectivity index (χ1) is 7.59. The van der Waals surface area contributed by atoms with Crippen molar-refractivity contribution < 1.29 is 46.1 Å². The molecule has 0 bridgehead atoms. The number of halogens is 2. The summed E-state index contributed by atoms with van der Waals surface area (Å²) in [7, 11) is 0. The second kappa shape index (κ2) is 7.78. The van der Waals surface area contributed by atoms with Crippen LogP contribution in [-0.2, 0) is 21.3 Å². The van der Waals surface area contributed by atoms with Gasteiger partial charge >= 0.3 is 107 Å². The van der Waals surface area contributed by atoms with Gasteiger partial charge in [-0.05, 0) is 0 Å². The van der Waals surface area contributed by atoms with Gasteiger partial charge in [-0.2, -0.15) is 0 Å². The molecule has 0 heterocycles. The SMILES string of the molecule is CC1=C(C)C[C]([Zr+2]([C]2=CC=CC2)=[C](C)C)=C1.[Cl-].[Cl-]. The van der Waals surface area contributed by atoms with Gasteiger partial charge in [0.25, 0.3) is 0 Å². The van der Waals surface area contributed by atoms with Gasteiger partial charge in [-0.1, -0.05) is 0 Å². The van der Waals surface area contributed by atoms with E-state index in [1.165, 1.54) is 18.4 Å². The number of hydrogen-bond acceptors (Lipinski definition) is 0. The molecule has 2 aliphatic carbocycles. The monoisotopic (exact) mass is 360 g/mol. The average Bonchev–Trinajstić information content (AvgIpc) is 2.79. The Hall–Kier alpha value is 0.293. The minimum absolute atomic E-state index is 0. The second-order valence-electron chi connectivity index (χ2n) is 5.01. The average molecular weight is 362 g/mol. The van der Waals surface area contributed by atoms with Crippen molar-refractivity contribution >= 4 is 3.21 Å². The van der Waals surface area contributed by atoms with Gasteiger partial charge in [0.05, 0.1) is 0 Å². The van der Waals surface area contributed by atoms with Gasteiger partial charge in [0.2, 0.25) is 0 Å². The topological polar surface area (TPSA) is 0 Å². The molecule has 98 valence electrons. The molecule has 0 aromatic rings. The van der Waals surface area contributed by atoms with Crippen molar-refractivity contribution in [2.24, 2.45) is 0 Å². The normalized spacial score (nSPS) is 16.4. The van der Waals surface area contributed by atoms with Crippen LogP contribution in [0.25, 0.3) is 0 Å². The fourth-order valence-electron chi connectivity index (χ4n) is 2.50. The molecule has 0 amide bonds. The van der Waals surface area contributed by atoms with E-state index in [0.29, 0.717) is 0 Å². The molecule has 18 heavy (non-hydrogen) atoms. The van der Waals surface area contributed by atoms with E-state index >= 15 is 0 Å². The second-order valence-corrected chi connectivity index (χ2v) is 12.5. The van der Waals surface area contributed by atoms with Crippen molar-refractivity contribution in [1.29, 1.82) is 0 Å². The molecule has 0 saturated heterocycles. The zero-order chi connectivity index (χ0) is 11.7. The van der Waals surface area contributed by atoms with Crippen LogP contribution < -0.4 is 24.8 Å². The van der Waals surface area contributed by atoms with Crippen LogP contribution in [0.15, 0.2) is 42.0 Å². The molecule has 0 saturated carbocycles. The van der Waals surface area contributed by atoms with Crippen LogP contribution in [0.2, 0.25) is 0 Å². The molecule has 0 radical (unpaired) electrons. The first kappa shape index (κ1) is 18.3. The molecule has 0 aromatic heterocycles. The van der Waals surface area contributed by atoms with Crippen molar-refractivity contribution in [2.75, 3.05) is 0 Å². The van der Waals surface area contributed by atoms with Gasteiger partial charge in [-0.15, -0.1) is 0 Å². The number of allylic oxidation sites excluding steroid dienone is 8. The van der Waals surface area contributed by atoms with Crippen LogP contribution in [0.3, 0.4) is 0 Å². The first-order valence-electron chi connectivity index (χ1n) is 6.00. The first-order valence-corrected chi connectivity index (χ1v) is 9.69. The third kappa shape index (κ3) is 3.89. The summed E-state index contributed by atoms with van der Waals surface area (Å²) in [4.78, 5) is 0. The van der Waals surface area contributed by atoms with E-state index in [4.69, 9.17) is 0 Å². The quantitative estimate of drug-likeness (QED) is 0.549. The van der Waals surface area contributed by atoms with Gasteiger partial charge in [-0.3, -0.25) is 0 Å². The third-order valence-corrected chi connectivity index (χ3v) is 10.7. The molecule has 0 nitrogen and oxygen atoms in total. The van der Waals surface area contributed by atoms with Gasteiger partial charge in [0, 0.05) is 0 Å². The summed E-state index contributed by atoms with van der Waals surface area (Å²) in [6, 6.07) is 0. The molecule has 0 N–H and O–H groups in total. The number of hydrogen-bond donors (Lipinski definition) is 0. The van der Waals surface area contributed by atoms with E-state index in [1.807, 2.05) is 0 Å². The number of rotatable bonds is 2. The Labute approximate surface area is 131 Å². The summed E-state index contributed by atoms with van der Waals surface area (Å²) in [6.07, 6.45) is 11.9. The Morgan fingerprint density at radius 2 is 1.78 bits per heavy atom. The van der Waals surface area contributed by atoms with Crippen molar-refractivity contribution in [2.45, 2.75) is 40.5 Å². The minimum Gasteiger partial charge on any atom is -1.00 e. The standard InChI is InChI=1S/C7H9.C5H5.C3H6.2ClH.Zr/c1-6-4-3-5-7(6)2;1-2-4-5-3-1;1-3-2;;;/h4H,5H2,1-2H3;1-3H,4H2;1-2H3;2*1H;/q;;;;;+2/p-2. The molecule has 0 aliphatic heterocycles. The molecule has 0 aromatic carbocycles. The van der Waals surface area contributed by atoms with Gasteiger partial charge in [0.15, 0.2) is 0 Å². The fourth-order valence-corrected chi connectivity index (χ4v) is 10.1. The summed E-state index contributed by atoms with van der Waals surface area (Å²) in [5.74, 6) is 0. The smallest absolute Gasteiger partial charge is 1.00 e. The molecule has 0 atom stereocenters. The van der Waals surface area contributed by atoms with E-state index in [9.17, 15) is 0 Å². The van der Waals surface area contributed by atoms with Crippen LogP contribution in [0.4, 0.5) is 0 Å². The van der Waals surface area contributed by atoms with Crippen LogP contribution in [0.5, 0.6) is 0 Å². The Morgan fingerprint density at radius 3 is 2.17 bits per heavy atom. The maximum absolute atomic E-state index is 2.48. The zero-order valence-corrected chi connectivity index (χ0v) is 15.4. The van der Waals surface area contributed by atoms with Crippen molar-refractivity contribution in [3.63, 3.8) is 0 Å². The maximum atomic E-state index is 2.48. The molecule has 2 rings (SSSR count). The Balaban J connectivity index is 0.00000144. The predicted molar refractivity (Wildman–Crippen MR) is 69.3 cm³/mol. The van der Waals surface area contributed by atoms with E-state index < -0.39 is 21.3 Å². The van der Waals surface area contributed by atoms with Gasteiger partial charge in [0.1, 0.15) is 0 Å². The van der Waals surface area contributed by atoms with E-state index in [-0.39, 0.29) is 24.8 Å². The molecule has 0 unspecified atom stereocenters. The van der Waals surface area contributed by atoms with Crippen molar-refractivity contribution in [3.05, 3.63) is 42.0 Å². The molecule has 3 heteroatoms. The molecule has 0 fully saturated rings. The molecule has 2 aliphatic rings. The summed E-state index contributed by atoms with van der Waals surface area (Å²) in [5, 5.41) is 0. The summed E-state index contributed by atoms with van der Waals surface area (Å²) >= 11 is -1.59. The Bertz CT molecular complexity index is 473. The Kier molecular flexibility index (Phi) is 7.91. The van der Waals surface area contributed by atoms with Crippen LogP contribution >= 0.6 is 0 Å². The predicted octanol–water partition coefficient (Wildman–Crippen LogP) is -1.71. The molecule has 0 spiro atoms. The van der Waals surface area contributed by atoms with E-state index in [2.05, 4.69) is 52.0 Å². The van der Waals surface area contributed by atoms with Crippen LogP contribution in [0.1, 0.15) is 40.5 Å². The van der Waals surface area contributed by atoms with Gasteiger partial charge < -0.3 is 24.8 Å². The summed E-state index contributed by atoms with van der Waals surface area (Å²) in [6.45, 7) is 9.23. The summed E-state index contributed by atoms with van der Waals surface area (Å²) < 4.78 is 5.26.